The van der Waals surface area contributed by atoms with E-state index in [-0.39, 0.29) is 0 Å². The Kier molecular flexibility index (Phi) is 6.34. The van der Waals surface area contributed by atoms with E-state index in [9.17, 15) is 0 Å². The Hall–Kier alpha value is -0.900. The van der Waals surface area contributed by atoms with Gasteiger partial charge >= 0.3 is 0 Å². The molecule has 3 nitrogen and oxygen atoms in total. The lowest BCUT2D eigenvalue weighted by molar-refractivity contribution is 0.0753. The van der Waals surface area contributed by atoms with Crippen molar-refractivity contribution in [3.8, 4) is 0 Å². The maximum Gasteiger partial charge on any atom is 0.0593 e. The minimum atomic E-state index is 0.490. The molecule has 0 bridgehead atoms. The van der Waals surface area contributed by atoms with E-state index in [0.29, 0.717) is 6.04 Å². The second-order valence-corrected chi connectivity index (χ2v) is 5.13. The summed E-state index contributed by atoms with van der Waals surface area (Å²) in [5.74, 6) is 0. The molecule has 0 aliphatic carbocycles. The molecular formula is C16H26N2O. The molecule has 0 saturated carbocycles. The van der Waals surface area contributed by atoms with Gasteiger partial charge in [-0.25, -0.2) is 0 Å². The standard InChI is InChI=1S/C16H26N2O/c1-2-3-12-19-13-11-18-10-9-17-14-16(18)15-7-5-4-6-8-15/h4-8,16-17H,2-3,9-14H2,1H3. The van der Waals surface area contributed by atoms with Crippen LogP contribution in [0.5, 0.6) is 0 Å². The van der Waals surface area contributed by atoms with Crippen LogP contribution in [0.15, 0.2) is 30.3 Å². The number of ether oxygens (including phenoxy) is 1. The number of piperazine rings is 1. The molecule has 1 unspecified atom stereocenters. The van der Waals surface area contributed by atoms with Crippen LogP contribution in [0.1, 0.15) is 31.4 Å². The normalized spacial score (nSPS) is 20.6. The van der Waals surface area contributed by atoms with Crippen molar-refractivity contribution in [1.82, 2.24) is 10.2 Å². The molecule has 1 fully saturated rings. The van der Waals surface area contributed by atoms with E-state index in [1.165, 1.54) is 18.4 Å². The summed E-state index contributed by atoms with van der Waals surface area (Å²) in [5, 5.41) is 3.49. The molecule has 19 heavy (non-hydrogen) atoms. The van der Waals surface area contributed by atoms with E-state index in [1.807, 2.05) is 0 Å². The lowest BCUT2D eigenvalue weighted by atomic mass is 10.0. The van der Waals surface area contributed by atoms with E-state index >= 15 is 0 Å². The average Bonchev–Trinajstić information content (AvgIpc) is 2.48. The molecule has 3 heteroatoms. The van der Waals surface area contributed by atoms with Crippen molar-refractivity contribution in [1.29, 1.82) is 0 Å². The summed E-state index contributed by atoms with van der Waals surface area (Å²) in [7, 11) is 0. The largest absolute Gasteiger partial charge is 0.380 e. The fraction of sp³-hybridized carbons (Fsp3) is 0.625. The van der Waals surface area contributed by atoms with Crippen LogP contribution in [0.3, 0.4) is 0 Å². The van der Waals surface area contributed by atoms with Crippen molar-refractivity contribution >= 4 is 0 Å². The minimum absolute atomic E-state index is 0.490. The summed E-state index contributed by atoms with van der Waals surface area (Å²) in [4.78, 5) is 2.54. The van der Waals surface area contributed by atoms with Crippen LogP contribution in [0.4, 0.5) is 0 Å². The molecule has 0 aromatic heterocycles. The number of rotatable bonds is 7. The highest BCUT2D eigenvalue weighted by Crippen LogP contribution is 2.21. The summed E-state index contributed by atoms with van der Waals surface area (Å²) in [6, 6.07) is 11.3. The zero-order valence-corrected chi connectivity index (χ0v) is 12.0. The number of unbranched alkanes of at least 4 members (excludes halogenated alkanes) is 1. The van der Waals surface area contributed by atoms with Gasteiger partial charge in [-0.05, 0) is 12.0 Å². The van der Waals surface area contributed by atoms with Crippen LogP contribution in [0.2, 0.25) is 0 Å². The van der Waals surface area contributed by atoms with Gasteiger partial charge < -0.3 is 10.1 Å². The van der Waals surface area contributed by atoms with Crippen molar-refractivity contribution in [3.05, 3.63) is 35.9 Å². The molecule has 1 aliphatic rings. The second-order valence-electron chi connectivity index (χ2n) is 5.13. The third kappa shape index (κ3) is 4.60. The molecule has 1 saturated heterocycles. The number of nitrogens with one attached hydrogen (secondary N) is 1. The summed E-state index contributed by atoms with van der Waals surface area (Å²) in [6.45, 7) is 8.21. The van der Waals surface area contributed by atoms with Gasteiger partial charge in [-0.15, -0.1) is 0 Å². The van der Waals surface area contributed by atoms with Gasteiger partial charge in [0, 0.05) is 38.8 Å². The van der Waals surface area contributed by atoms with Gasteiger partial charge in [0.1, 0.15) is 0 Å². The quantitative estimate of drug-likeness (QED) is 0.764. The first-order chi connectivity index (χ1) is 9.42. The van der Waals surface area contributed by atoms with Crippen molar-refractivity contribution in [2.45, 2.75) is 25.8 Å². The van der Waals surface area contributed by atoms with Crippen molar-refractivity contribution in [3.63, 3.8) is 0 Å². The fourth-order valence-electron chi connectivity index (χ4n) is 2.55. The zero-order chi connectivity index (χ0) is 13.3. The molecule has 1 N–H and O–H groups in total. The van der Waals surface area contributed by atoms with Crippen LogP contribution in [-0.2, 0) is 4.74 Å². The van der Waals surface area contributed by atoms with Crippen LogP contribution >= 0.6 is 0 Å². The third-order valence-electron chi connectivity index (χ3n) is 3.70. The Bertz CT molecular complexity index is 342. The van der Waals surface area contributed by atoms with Gasteiger partial charge in [-0.2, -0.15) is 0 Å². The highest BCUT2D eigenvalue weighted by Gasteiger charge is 2.22. The van der Waals surface area contributed by atoms with Gasteiger partial charge in [0.2, 0.25) is 0 Å². The SMILES string of the molecule is CCCCOCCN1CCNCC1c1ccccc1. The molecule has 1 aromatic carbocycles. The summed E-state index contributed by atoms with van der Waals surface area (Å²) >= 11 is 0. The predicted molar refractivity (Wildman–Crippen MR) is 79.4 cm³/mol. The molecule has 0 radical (unpaired) electrons. The number of hydrogen-bond donors (Lipinski definition) is 1. The van der Waals surface area contributed by atoms with E-state index in [1.54, 1.807) is 0 Å². The van der Waals surface area contributed by atoms with Gasteiger partial charge in [0.25, 0.3) is 0 Å². The number of benzene rings is 1. The Morgan fingerprint density at radius 3 is 2.89 bits per heavy atom. The van der Waals surface area contributed by atoms with Crippen molar-refractivity contribution < 1.29 is 4.74 Å². The van der Waals surface area contributed by atoms with Crippen molar-refractivity contribution in [2.24, 2.45) is 0 Å². The first-order valence-electron chi connectivity index (χ1n) is 7.49. The smallest absolute Gasteiger partial charge is 0.0593 e. The molecule has 106 valence electrons. The van der Waals surface area contributed by atoms with E-state index in [2.05, 4.69) is 47.5 Å². The molecule has 0 amide bonds. The highest BCUT2D eigenvalue weighted by atomic mass is 16.5. The molecule has 1 heterocycles. The van der Waals surface area contributed by atoms with Gasteiger partial charge in [0.05, 0.1) is 6.61 Å². The van der Waals surface area contributed by atoms with Gasteiger partial charge in [-0.1, -0.05) is 43.7 Å². The first kappa shape index (κ1) is 14.5. The molecule has 1 aromatic rings. The van der Waals surface area contributed by atoms with Gasteiger partial charge in [-0.3, -0.25) is 4.90 Å². The van der Waals surface area contributed by atoms with Crippen LogP contribution in [0.25, 0.3) is 0 Å². The van der Waals surface area contributed by atoms with E-state index in [0.717, 1.165) is 39.4 Å². The maximum atomic E-state index is 5.70. The summed E-state index contributed by atoms with van der Waals surface area (Å²) < 4.78 is 5.70. The third-order valence-corrected chi connectivity index (χ3v) is 3.70. The highest BCUT2D eigenvalue weighted by molar-refractivity contribution is 5.20. The monoisotopic (exact) mass is 262 g/mol. The van der Waals surface area contributed by atoms with Crippen LogP contribution in [-0.4, -0.2) is 44.3 Å². The van der Waals surface area contributed by atoms with E-state index < -0.39 is 0 Å². The lowest BCUT2D eigenvalue weighted by Gasteiger charge is -2.36. The molecule has 0 spiro atoms. The zero-order valence-electron chi connectivity index (χ0n) is 12.0. The maximum absolute atomic E-state index is 5.70. The number of hydrogen-bond acceptors (Lipinski definition) is 3. The van der Waals surface area contributed by atoms with Crippen molar-refractivity contribution in [2.75, 3.05) is 39.4 Å². The second kappa shape index (κ2) is 8.31. The van der Waals surface area contributed by atoms with Crippen LogP contribution in [0, 0.1) is 0 Å². The number of nitrogens with zero attached hydrogens (tertiary/aromatic N) is 1. The predicted octanol–water partition coefficient (Wildman–Crippen LogP) is 2.45. The summed E-state index contributed by atoms with van der Waals surface area (Å²) in [6.07, 6.45) is 2.38. The average molecular weight is 262 g/mol. The van der Waals surface area contributed by atoms with Gasteiger partial charge in [0.15, 0.2) is 0 Å². The Labute approximate surface area is 116 Å². The molecule has 1 atom stereocenters. The molecule has 2 rings (SSSR count). The van der Waals surface area contributed by atoms with E-state index in [4.69, 9.17) is 4.74 Å². The topological polar surface area (TPSA) is 24.5 Å². The molecule has 1 aliphatic heterocycles. The van der Waals surface area contributed by atoms with Crippen LogP contribution < -0.4 is 5.32 Å². The fourth-order valence-corrected chi connectivity index (χ4v) is 2.55. The Morgan fingerprint density at radius 1 is 1.26 bits per heavy atom. The first-order valence-corrected chi connectivity index (χ1v) is 7.49. The lowest BCUT2D eigenvalue weighted by Crippen LogP contribution is -2.47. The minimum Gasteiger partial charge on any atom is -0.380 e. The Morgan fingerprint density at radius 2 is 2.11 bits per heavy atom. The Balaban J connectivity index is 1.83. The summed E-state index contributed by atoms with van der Waals surface area (Å²) in [5.41, 5.74) is 1.41. The molecular weight excluding hydrogens is 236 g/mol.